The number of hydrogen-bond donors (Lipinski definition) is 2. The van der Waals surface area contributed by atoms with Crippen molar-refractivity contribution in [2.45, 2.75) is 13.1 Å². The number of nitrogens with zero attached hydrogens (tertiary/aromatic N) is 2. The number of rotatable bonds is 4. The van der Waals surface area contributed by atoms with E-state index in [4.69, 9.17) is 10.2 Å². The van der Waals surface area contributed by atoms with E-state index in [9.17, 15) is 4.79 Å². The Hall–Kier alpha value is -2.24. The van der Waals surface area contributed by atoms with Crippen LogP contribution in [0, 0.1) is 0 Å². The highest BCUT2D eigenvalue weighted by molar-refractivity contribution is 5.75. The molecule has 2 heterocycles. The van der Waals surface area contributed by atoms with Crippen LogP contribution in [0.15, 0.2) is 35.1 Å². The second-order valence-corrected chi connectivity index (χ2v) is 3.29. The van der Waals surface area contributed by atoms with E-state index >= 15 is 0 Å². The van der Waals surface area contributed by atoms with Crippen LogP contribution in [0.2, 0.25) is 0 Å². The molecule has 2 aromatic heterocycles. The first-order valence-corrected chi connectivity index (χ1v) is 4.82. The van der Waals surface area contributed by atoms with E-state index in [2.05, 4.69) is 10.4 Å². The normalized spacial score (nSPS) is 10.2. The lowest BCUT2D eigenvalue weighted by molar-refractivity contribution is -0.122. The van der Waals surface area contributed by atoms with E-state index in [0.29, 0.717) is 18.1 Å². The molecule has 6 nitrogen and oxygen atoms in total. The molecule has 0 aliphatic rings. The van der Waals surface area contributed by atoms with E-state index in [-0.39, 0.29) is 12.5 Å². The number of aromatic nitrogens is 2. The van der Waals surface area contributed by atoms with Crippen LogP contribution in [0.1, 0.15) is 5.76 Å². The van der Waals surface area contributed by atoms with Gasteiger partial charge in [-0.05, 0) is 18.2 Å². The van der Waals surface area contributed by atoms with Crippen molar-refractivity contribution < 1.29 is 9.21 Å². The van der Waals surface area contributed by atoms with Gasteiger partial charge >= 0.3 is 0 Å². The molecular formula is C10H12N4O2. The number of nitrogens with two attached hydrogens (primary N) is 1. The number of anilines is 1. The van der Waals surface area contributed by atoms with Crippen LogP contribution in [-0.2, 0) is 17.9 Å². The minimum Gasteiger partial charge on any atom is -0.467 e. The molecule has 0 aromatic carbocycles. The first-order chi connectivity index (χ1) is 7.74. The minimum absolute atomic E-state index is 0.139. The first kappa shape index (κ1) is 10.3. The highest BCUT2D eigenvalue weighted by Crippen LogP contribution is 1.99. The molecule has 0 saturated heterocycles. The van der Waals surface area contributed by atoms with Crippen LogP contribution in [0.25, 0.3) is 0 Å². The maximum atomic E-state index is 11.5. The Balaban J connectivity index is 1.81. The third kappa shape index (κ3) is 2.63. The second-order valence-electron chi connectivity index (χ2n) is 3.29. The van der Waals surface area contributed by atoms with Gasteiger partial charge in [-0.15, -0.1) is 0 Å². The van der Waals surface area contributed by atoms with Gasteiger partial charge in [-0.3, -0.25) is 9.48 Å². The van der Waals surface area contributed by atoms with Gasteiger partial charge in [-0.25, -0.2) is 0 Å². The molecule has 0 radical (unpaired) electrons. The lowest BCUT2D eigenvalue weighted by atomic mass is 10.4. The van der Waals surface area contributed by atoms with Crippen molar-refractivity contribution in [1.82, 2.24) is 15.1 Å². The fraction of sp³-hybridized carbons (Fsp3) is 0.200. The van der Waals surface area contributed by atoms with Crippen molar-refractivity contribution in [3.63, 3.8) is 0 Å². The summed E-state index contributed by atoms with van der Waals surface area (Å²) in [5, 5.41) is 6.61. The van der Waals surface area contributed by atoms with Gasteiger partial charge in [0.2, 0.25) is 5.91 Å². The number of carbonyl (C=O) groups excluding carboxylic acids is 1. The Morgan fingerprint density at radius 2 is 2.44 bits per heavy atom. The van der Waals surface area contributed by atoms with Crippen molar-refractivity contribution >= 4 is 11.7 Å². The summed E-state index contributed by atoms with van der Waals surface area (Å²) in [4.78, 5) is 11.5. The Morgan fingerprint density at radius 3 is 3.06 bits per heavy atom. The maximum Gasteiger partial charge on any atom is 0.242 e. The molecule has 0 aliphatic heterocycles. The van der Waals surface area contributed by atoms with Gasteiger partial charge in [0.25, 0.3) is 0 Å². The van der Waals surface area contributed by atoms with E-state index < -0.39 is 0 Å². The number of amides is 1. The van der Waals surface area contributed by atoms with Gasteiger partial charge in [0.05, 0.1) is 12.8 Å². The third-order valence-corrected chi connectivity index (χ3v) is 2.01. The number of nitrogen functional groups attached to an aromatic ring is 1. The molecule has 0 unspecified atom stereocenters. The van der Waals surface area contributed by atoms with E-state index in [0.717, 1.165) is 0 Å². The molecule has 0 saturated carbocycles. The predicted octanol–water partition coefficient (Wildman–Crippen LogP) is 0.375. The SMILES string of the molecule is Nc1ccn(CC(=O)NCc2ccco2)n1. The number of carbonyl (C=O) groups is 1. The van der Waals surface area contributed by atoms with Crippen LogP contribution in [0.4, 0.5) is 5.82 Å². The van der Waals surface area contributed by atoms with Gasteiger partial charge in [-0.1, -0.05) is 0 Å². The molecule has 6 heteroatoms. The van der Waals surface area contributed by atoms with Crippen molar-refractivity contribution in [1.29, 1.82) is 0 Å². The molecule has 2 aromatic rings. The highest BCUT2D eigenvalue weighted by atomic mass is 16.3. The summed E-state index contributed by atoms with van der Waals surface area (Å²) >= 11 is 0. The Labute approximate surface area is 92.0 Å². The van der Waals surface area contributed by atoms with E-state index in [1.165, 1.54) is 4.68 Å². The quantitative estimate of drug-likeness (QED) is 0.779. The van der Waals surface area contributed by atoms with Crippen molar-refractivity contribution in [3.05, 3.63) is 36.4 Å². The van der Waals surface area contributed by atoms with Crippen molar-refractivity contribution in [3.8, 4) is 0 Å². The molecule has 0 spiro atoms. The van der Waals surface area contributed by atoms with E-state index in [1.54, 1.807) is 30.7 Å². The third-order valence-electron chi connectivity index (χ3n) is 2.01. The fourth-order valence-electron chi connectivity index (χ4n) is 1.27. The van der Waals surface area contributed by atoms with Gasteiger partial charge in [-0.2, -0.15) is 5.10 Å². The number of nitrogens with one attached hydrogen (secondary N) is 1. The molecule has 0 aliphatic carbocycles. The monoisotopic (exact) mass is 220 g/mol. The standard InChI is InChI=1S/C10H12N4O2/c11-9-3-4-14(13-9)7-10(15)12-6-8-2-1-5-16-8/h1-5H,6-7H2,(H2,11,13)(H,12,15). The average molecular weight is 220 g/mol. The fourth-order valence-corrected chi connectivity index (χ4v) is 1.27. The minimum atomic E-state index is -0.139. The summed E-state index contributed by atoms with van der Waals surface area (Å²) in [6.45, 7) is 0.528. The molecule has 0 bridgehead atoms. The lowest BCUT2D eigenvalue weighted by Gasteiger charge is -2.03. The molecular weight excluding hydrogens is 208 g/mol. The molecule has 0 atom stereocenters. The number of furan rings is 1. The van der Waals surface area contributed by atoms with Gasteiger partial charge < -0.3 is 15.5 Å². The topological polar surface area (TPSA) is 86.1 Å². The summed E-state index contributed by atoms with van der Waals surface area (Å²) < 4.78 is 6.56. The Morgan fingerprint density at radius 1 is 1.56 bits per heavy atom. The zero-order chi connectivity index (χ0) is 11.4. The summed E-state index contributed by atoms with van der Waals surface area (Å²) in [6.07, 6.45) is 3.22. The zero-order valence-corrected chi connectivity index (χ0v) is 8.59. The average Bonchev–Trinajstić information content (AvgIpc) is 2.87. The van der Waals surface area contributed by atoms with Gasteiger partial charge in [0.15, 0.2) is 0 Å². The lowest BCUT2D eigenvalue weighted by Crippen LogP contribution is -2.27. The van der Waals surface area contributed by atoms with Crippen LogP contribution in [-0.4, -0.2) is 15.7 Å². The maximum absolute atomic E-state index is 11.5. The summed E-state index contributed by atoms with van der Waals surface area (Å²) in [6, 6.07) is 5.21. The summed E-state index contributed by atoms with van der Waals surface area (Å²) in [5.74, 6) is 0.978. The van der Waals surface area contributed by atoms with Crippen molar-refractivity contribution in [2.24, 2.45) is 0 Å². The van der Waals surface area contributed by atoms with Crippen LogP contribution < -0.4 is 11.1 Å². The smallest absolute Gasteiger partial charge is 0.242 e. The highest BCUT2D eigenvalue weighted by Gasteiger charge is 2.04. The molecule has 3 N–H and O–H groups in total. The van der Waals surface area contributed by atoms with Crippen LogP contribution >= 0.6 is 0 Å². The predicted molar refractivity (Wildman–Crippen MR) is 57.2 cm³/mol. The second kappa shape index (κ2) is 4.52. The van der Waals surface area contributed by atoms with Crippen LogP contribution in [0.3, 0.4) is 0 Å². The molecule has 2 rings (SSSR count). The molecule has 1 amide bonds. The largest absolute Gasteiger partial charge is 0.467 e. The van der Waals surface area contributed by atoms with Gasteiger partial charge in [0, 0.05) is 6.20 Å². The van der Waals surface area contributed by atoms with Gasteiger partial charge in [0.1, 0.15) is 18.1 Å². The summed E-state index contributed by atoms with van der Waals surface area (Å²) in [5.41, 5.74) is 5.43. The Kier molecular flexibility index (Phi) is 2.90. The summed E-state index contributed by atoms with van der Waals surface area (Å²) in [7, 11) is 0. The molecule has 16 heavy (non-hydrogen) atoms. The van der Waals surface area contributed by atoms with Crippen LogP contribution in [0.5, 0.6) is 0 Å². The number of hydrogen-bond acceptors (Lipinski definition) is 4. The zero-order valence-electron chi connectivity index (χ0n) is 8.59. The van der Waals surface area contributed by atoms with E-state index in [1.807, 2.05) is 0 Å². The first-order valence-electron chi connectivity index (χ1n) is 4.82. The molecule has 84 valence electrons. The molecule has 0 fully saturated rings. The van der Waals surface area contributed by atoms with Crippen molar-refractivity contribution in [2.75, 3.05) is 5.73 Å². The Bertz CT molecular complexity index is 461.